The van der Waals surface area contributed by atoms with Crippen molar-refractivity contribution in [1.82, 2.24) is 0 Å². The van der Waals surface area contributed by atoms with E-state index < -0.39 is 23.5 Å². The van der Waals surface area contributed by atoms with Crippen LogP contribution in [0.1, 0.15) is 40.0 Å². The topological polar surface area (TPSA) is 93.1 Å². The Bertz CT molecular complexity index is 321. The zero-order valence-corrected chi connectivity index (χ0v) is 10.9. The molecule has 1 unspecified atom stereocenters. The maximum atomic E-state index is 10.8. The van der Waals surface area contributed by atoms with Gasteiger partial charge in [-0.25, -0.2) is 9.59 Å². The normalized spacial score (nSPS) is 14.4. The van der Waals surface area contributed by atoms with Gasteiger partial charge in [-0.3, -0.25) is 0 Å². The lowest BCUT2D eigenvalue weighted by molar-refractivity contribution is -0.151. The molecular formula is C12H20O6. The summed E-state index contributed by atoms with van der Waals surface area (Å²) in [7, 11) is 0. The van der Waals surface area contributed by atoms with E-state index in [0.717, 1.165) is 0 Å². The maximum Gasteiger partial charge on any atom is 0.506 e. The third kappa shape index (κ3) is 2.94. The van der Waals surface area contributed by atoms with E-state index in [-0.39, 0.29) is 19.3 Å². The van der Waals surface area contributed by atoms with Crippen LogP contribution in [0.15, 0.2) is 12.7 Å². The van der Waals surface area contributed by atoms with E-state index in [1.807, 2.05) is 0 Å². The highest BCUT2D eigenvalue weighted by Gasteiger charge is 2.53. The third-order valence-corrected chi connectivity index (χ3v) is 3.32. The maximum absolute atomic E-state index is 10.8. The molecule has 0 amide bonds. The van der Waals surface area contributed by atoms with Crippen LogP contribution in [-0.4, -0.2) is 33.7 Å². The van der Waals surface area contributed by atoms with Gasteiger partial charge in [0.25, 0.3) is 0 Å². The molecule has 0 aromatic rings. The Hall–Kier alpha value is -1.72. The Morgan fingerprint density at radius 3 is 1.72 bits per heavy atom. The zero-order valence-electron chi connectivity index (χ0n) is 10.9. The van der Waals surface area contributed by atoms with Crippen molar-refractivity contribution >= 4 is 12.3 Å². The molecule has 0 fully saturated rings. The molecule has 0 rings (SSSR count). The summed E-state index contributed by atoms with van der Waals surface area (Å²) in [6.07, 6.45) is -0.856. The molecule has 6 heteroatoms. The first-order chi connectivity index (χ1) is 8.33. The summed E-state index contributed by atoms with van der Waals surface area (Å²) in [5.74, 6) is 0. The first-order valence-electron chi connectivity index (χ1n) is 5.80. The largest absolute Gasteiger partial charge is 0.506 e. The van der Waals surface area contributed by atoms with Gasteiger partial charge in [0.15, 0.2) is 11.2 Å². The number of hydrogen-bond donors (Lipinski definition) is 2. The Morgan fingerprint density at radius 2 is 1.50 bits per heavy atom. The number of carboxylic acid groups (broad SMARTS) is 2. The first-order valence-corrected chi connectivity index (χ1v) is 5.80. The van der Waals surface area contributed by atoms with Crippen molar-refractivity contribution < 1.29 is 29.3 Å². The van der Waals surface area contributed by atoms with E-state index in [1.165, 1.54) is 6.08 Å². The first kappa shape index (κ1) is 16.3. The quantitative estimate of drug-likeness (QED) is 0.539. The summed E-state index contributed by atoms with van der Waals surface area (Å²) >= 11 is 0. The number of hydrogen-bond acceptors (Lipinski definition) is 4. The molecule has 0 aliphatic carbocycles. The molecule has 0 aliphatic heterocycles. The van der Waals surface area contributed by atoms with Crippen molar-refractivity contribution in [2.45, 2.75) is 51.2 Å². The molecule has 0 aromatic heterocycles. The van der Waals surface area contributed by atoms with Gasteiger partial charge in [-0.05, 0) is 25.3 Å². The van der Waals surface area contributed by atoms with Gasteiger partial charge in [-0.15, -0.1) is 0 Å². The fraction of sp³-hybridized carbons (Fsp3) is 0.667. The minimum atomic E-state index is -1.49. The highest BCUT2D eigenvalue weighted by atomic mass is 16.7. The van der Waals surface area contributed by atoms with Crippen molar-refractivity contribution in [3.8, 4) is 0 Å². The van der Waals surface area contributed by atoms with E-state index in [4.69, 9.17) is 19.7 Å². The minimum absolute atomic E-state index is 0.234. The molecule has 104 valence electrons. The summed E-state index contributed by atoms with van der Waals surface area (Å²) in [5.41, 5.74) is -2.66. The molecule has 0 saturated heterocycles. The van der Waals surface area contributed by atoms with E-state index in [2.05, 4.69) is 6.58 Å². The molecule has 0 spiro atoms. The van der Waals surface area contributed by atoms with Crippen molar-refractivity contribution in [1.29, 1.82) is 0 Å². The Morgan fingerprint density at radius 1 is 1.06 bits per heavy atom. The molecule has 0 aromatic carbocycles. The number of ether oxygens (including phenoxy) is 2. The third-order valence-electron chi connectivity index (χ3n) is 3.32. The molecule has 0 bridgehead atoms. The molecule has 0 aliphatic rings. The molecule has 6 nitrogen and oxygen atoms in total. The highest BCUT2D eigenvalue weighted by molar-refractivity contribution is 5.60. The van der Waals surface area contributed by atoms with E-state index in [1.54, 1.807) is 20.8 Å². The number of carbonyl (C=O) groups is 2. The van der Waals surface area contributed by atoms with Crippen molar-refractivity contribution in [2.24, 2.45) is 0 Å². The molecule has 0 radical (unpaired) electrons. The molecule has 18 heavy (non-hydrogen) atoms. The Balaban J connectivity index is 5.66. The predicted molar refractivity (Wildman–Crippen MR) is 64.8 cm³/mol. The van der Waals surface area contributed by atoms with Gasteiger partial charge in [0.2, 0.25) is 0 Å². The molecule has 1 atom stereocenters. The van der Waals surface area contributed by atoms with Gasteiger partial charge >= 0.3 is 12.3 Å². The van der Waals surface area contributed by atoms with Gasteiger partial charge in [0.1, 0.15) is 0 Å². The second-order valence-electron chi connectivity index (χ2n) is 3.88. The van der Waals surface area contributed by atoms with Gasteiger partial charge in [0, 0.05) is 0 Å². The average molecular weight is 260 g/mol. The SMILES string of the molecule is C=CC(CC)(OC(=O)O)C(CC)(CC)OC(=O)O. The molecular weight excluding hydrogens is 240 g/mol. The smallest absolute Gasteiger partial charge is 0.450 e. The lowest BCUT2D eigenvalue weighted by Gasteiger charge is -2.44. The lowest BCUT2D eigenvalue weighted by atomic mass is 9.76. The highest BCUT2D eigenvalue weighted by Crippen LogP contribution is 2.40. The van der Waals surface area contributed by atoms with Crippen LogP contribution in [0.3, 0.4) is 0 Å². The van der Waals surface area contributed by atoms with Gasteiger partial charge in [-0.2, -0.15) is 0 Å². The average Bonchev–Trinajstić information content (AvgIpc) is 2.32. The summed E-state index contributed by atoms with van der Waals surface area (Å²) in [5, 5.41) is 17.7. The predicted octanol–water partition coefficient (Wildman–Crippen LogP) is 3.27. The fourth-order valence-corrected chi connectivity index (χ4v) is 2.26. The van der Waals surface area contributed by atoms with Crippen molar-refractivity contribution in [3.05, 3.63) is 12.7 Å². The second-order valence-corrected chi connectivity index (χ2v) is 3.88. The van der Waals surface area contributed by atoms with Crippen LogP contribution in [-0.2, 0) is 9.47 Å². The van der Waals surface area contributed by atoms with Crippen LogP contribution in [0.5, 0.6) is 0 Å². The Kier molecular flexibility index (Phi) is 5.68. The zero-order chi connectivity index (χ0) is 14.4. The molecule has 0 heterocycles. The van der Waals surface area contributed by atoms with Gasteiger partial charge < -0.3 is 19.7 Å². The molecule has 2 N–H and O–H groups in total. The Labute approximate surface area is 106 Å². The summed E-state index contributed by atoms with van der Waals surface area (Å²) in [6, 6.07) is 0. The summed E-state index contributed by atoms with van der Waals surface area (Å²) < 4.78 is 9.84. The summed E-state index contributed by atoms with van der Waals surface area (Å²) in [6.45, 7) is 8.68. The van der Waals surface area contributed by atoms with Crippen LogP contribution in [0.25, 0.3) is 0 Å². The standard InChI is InChI=1S/C12H20O6/c1-5-11(6-2,17-9(13)14)12(7-3,8-4)18-10(15)16/h5H,1,6-8H2,2-4H3,(H,13,14)(H,15,16). The van der Waals surface area contributed by atoms with Crippen LogP contribution in [0, 0.1) is 0 Å². The van der Waals surface area contributed by atoms with Crippen molar-refractivity contribution in [3.63, 3.8) is 0 Å². The van der Waals surface area contributed by atoms with Crippen LogP contribution in [0.2, 0.25) is 0 Å². The minimum Gasteiger partial charge on any atom is -0.450 e. The van der Waals surface area contributed by atoms with Gasteiger partial charge in [0.05, 0.1) is 0 Å². The lowest BCUT2D eigenvalue weighted by Crippen LogP contribution is -2.57. The van der Waals surface area contributed by atoms with E-state index in [9.17, 15) is 9.59 Å². The second kappa shape index (κ2) is 6.28. The molecule has 0 saturated carbocycles. The number of rotatable bonds is 7. The summed E-state index contributed by atoms with van der Waals surface area (Å²) in [4.78, 5) is 21.7. The van der Waals surface area contributed by atoms with Crippen molar-refractivity contribution in [2.75, 3.05) is 0 Å². The fourth-order valence-electron chi connectivity index (χ4n) is 2.26. The van der Waals surface area contributed by atoms with Crippen LogP contribution in [0.4, 0.5) is 9.59 Å². The van der Waals surface area contributed by atoms with E-state index >= 15 is 0 Å². The van der Waals surface area contributed by atoms with Crippen LogP contribution >= 0.6 is 0 Å². The van der Waals surface area contributed by atoms with E-state index in [0.29, 0.717) is 0 Å². The monoisotopic (exact) mass is 260 g/mol. The van der Waals surface area contributed by atoms with Gasteiger partial charge in [-0.1, -0.05) is 27.4 Å². The van der Waals surface area contributed by atoms with Crippen LogP contribution < -0.4 is 0 Å².